The SMILES string of the molecule is CCOc1ccc(CNC(=O)CN(c2ccc(C)cc2C)S(=O)(=O)c2ccccc2)cc1OCC. The monoisotopic (exact) mass is 496 g/mol. The van der Waals surface area contributed by atoms with Crippen molar-refractivity contribution in [3.63, 3.8) is 0 Å². The van der Waals surface area contributed by atoms with E-state index >= 15 is 0 Å². The molecule has 0 atom stereocenters. The molecule has 35 heavy (non-hydrogen) atoms. The first kappa shape index (κ1) is 26.1. The van der Waals surface area contributed by atoms with Crippen LogP contribution in [0.4, 0.5) is 5.69 Å². The Labute approximate surface area is 207 Å². The molecule has 0 radical (unpaired) electrons. The molecule has 1 N–H and O–H groups in total. The summed E-state index contributed by atoms with van der Waals surface area (Å²) in [7, 11) is -3.96. The van der Waals surface area contributed by atoms with Gasteiger partial charge < -0.3 is 14.8 Å². The summed E-state index contributed by atoms with van der Waals surface area (Å²) in [5, 5.41) is 2.83. The van der Waals surface area contributed by atoms with Crippen LogP contribution in [0.1, 0.15) is 30.5 Å². The maximum absolute atomic E-state index is 13.5. The van der Waals surface area contributed by atoms with Crippen LogP contribution >= 0.6 is 0 Å². The molecule has 0 fully saturated rings. The van der Waals surface area contributed by atoms with Crippen molar-refractivity contribution < 1.29 is 22.7 Å². The minimum Gasteiger partial charge on any atom is -0.490 e. The third-order valence-corrected chi connectivity index (χ3v) is 7.11. The minimum atomic E-state index is -3.96. The fourth-order valence-electron chi connectivity index (χ4n) is 3.70. The number of carbonyl (C=O) groups is 1. The van der Waals surface area contributed by atoms with E-state index in [0.717, 1.165) is 21.0 Å². The first-order chi connectivity index (χ1) is 16.8. The van der Waals surface area contributed by atoms with Gasteiger partial charge in [-0.2, -0.15) is 0 Å². The lowest BCUT2D eigenvalue weighted by Crippen LogP contribution is -2.41. The Hall–Kier alpha value is -3.52. The highest BCUT2D eigenvalue weighted by Crippen LogP contribution is 2.29. The smallest absolute Gasteiger partial charge is 0.264 e. The van der Waals surface area contributed by atoms with Gasteiger partial charge in [0.15, 0.2) is 11.5 Å². The Kier molecular flexibility index (Phi) is 8.76. The average molecular weight is 497 g/mol. The van der Waals surface area contributed by atoms with Crippen LogP contribution in [0.15, 0.2) is 71.6 Å². The summed E-state index contributed by atoms with van der Waals surface area (Å²) in [6.07, 6.45) is 0. The van der Waals surface area contributed by atoms with Crippen LogP contribution < -0.4 is 19.1 Å². The highest BCUT2D eigenvalue weighted by atomic mass is 32.2. The summed E-state index contributed by atoms with van der Waals surface area (Å²) in [5.74, 6) is 0.820. The number of rotatable bonds is 11. The van der Waals surface area contributed by atoms with Crippen LogP contribution in [-0.2, 0) is 21.4 Å². The number of carbonyl (C=O) groups excluding carboxylic acids is 1. The van der Waals surface area contributed by atoms with Crippen molar-refractivity contribution in [2.75, 3.05) is 24.1 Å². The zero-order chi connectivity index (χ0) is 25.4. The maximum Gasteiger partial charge on any atom is 0.264 e. The molecule has 1 amide bonds. The second kappa shape index (κ2) is 11.8. The van der Waals surface area contributed by atoms with Crippen LogP contribution in [0.25, 0.3) is 0 Å². The van der Waals surface area contributed by atoms with E-state index in [1.54, 1.807) is 30.3 Å². The fraction of sp³-hybridized carbons (Fsp3) is 0.296. The number of sulfonamides is 1. The zero-order valence-electron chi connectivity index (χ0n) is 20.6. The quantitative estimate of drug-likeness (QED) is 0.419. The Balaban J connectivity index is 1.83. The van der Waals surface area contributed by atoms with Gasteiger partial charge in [-0.05, 0) is 69.2 Å². The van der Waals surface area contributed by atoms with Crippen LogP contribution in [0.5, 0.6) is 11.5 Å². The lowest BCUT2D eigenvalue weighted by Gasteiger charge is -2.26. The lowest BCUT2D eigenvalue weighted by molar-refractivity contribution is -0.119. The highest BCUT2D eigenvalue weighted by molar-refractivity contribution is 7.92. The van der Waals surface area contributed by atoms with E-state index in [1.807, 2.05) is 52.0 Å². The first-order valence-corrected chi connectivity index (χ1v) is 13.0. The first-order valence-electron chi connectivity index (χ1n) is 11.6. The maximum atomic E-state index is 13.5. The van der Waals surface area contributed by atoms with Crippen LogP contribution in [0, 0.1) is 13.8 Å². The molecule has 186 valence electrons. The normalized spacial score (nSPS) is 11.1. The van der Waals surface area contributed by atoms with Crippen molar-refractivity contribution in [2.45, 2.75) is 39.1 Å². The van der Waals surface area contributed by atoms with Crippen molar-refractivity contribution in [3.8, 4) is 11.5 Å². The van der Waals surface area contributed by atoms with Gasteiger partial charge in [0, 0.05) is 6.54 Å². The van der Waals surface area contributed by atoms with Gasteiger partial charge in [-0.15, -0.1) is 0 Å². The molecule has 0 aliphatic rings. The van der Waals surface area contributed by atoms with E-state index in [2.05, 4.69) is 5.32 Å². The molecular weight excluding hydrogens is 464 g/mol. The van der Waals surface area contributed by atoms with Crippen LogP contribution in [0.2, 0.25) is 0 Å². The molecule has 3 rings (SSSR count). The van der Waals surface area contributed by atoms with Gasteiger partial charge in [0.1, 0.15) is 6.54 Å². The molecule has 0 aliphatic carbocycles. The van der Waals surface area contributed by atoms with Crippen molar-refractivity contribution in [3.05, 3.63) is 83.4 Å². The number of nitrogens with zero attached hydrogens (tertiary/aromatic N) is 1. The molecule has 0 unspecified atom stereocenters. The molecule has 0 spiro atoms. The van der Waals surface area contributed by atoms with E-state index in [4.69, 9.17) is 9.47 Å². The second-order valence-electron chi connectivity index (χ2n) is 8.04. The molecule has 0 aliphatic heterocycles. The summed E-state index contributed by atoms with van der Waals surface area (Å²) < 4.78 is 39.4. The van der Waals surface area contributed by atoms with Gasteiger partial charge in [-0.1, -0.05) is 42.0 Å². The van der Waals surface area contributed by atoms with Gasteiger partial charge in [-0.3, -0.25) is 9.10 Å². The van der Waals surface area contributed by atoms with Crippen molar-refractivity contribution >= 4 is 21.6 Å². The summed E-state index contributed by atoms with van der Waals surface area (Å²) in [5.41, 5.74) is 3.06. The van der Waals surface area contributed by atoms with E-state index < -0.39 is 15.9 Å². The van der Waals surface area contributed by atoms with Gasteiger partial charge in [0.05, 0.1) is 23.8 Å². The lowest BCUT2D eigenvalue weighted by atomic mass is 10.1. The second-order valence-corrected chi connectivity index (χ2v) is 9.90. The highest BCUT2D eigenvalue weighted by Gasteiger charge is 2.28. The molecule has 3 aromatic carbocycles. The molecular formula is C27H32N2O5S. The number of ether oxygens (including phenoxy) is 2. The third-order valence-electron chi connectivity index (χ3n) is 5.34. The summed E-state index contributed by atoms with van der Waals surface area (Å²) >= 11 is 0. The average Bonchev–Trinajstić information content (AvgIpc) is 2.84. The van der Waals surface area contributed by atoms with Crippen LogP contribution in [-0.4, -0.2) is 34.1 Å². The zero-order valence-corrected chi connectivity index (χ0v) is 21.4. The standard InChI is InChI=1S/C27H32N2O5S/c1-5-33-25-15-13-22(17-26(25)34-6-2)18-28-27(30)19-29(24-14-12-20(3)16-21(24)4)35(31,32)23-10-8-7-9-11-23/h7-17H,5-6,18-19H2,1-4H3,(H,28,30). The number of hydrogen-bond acceptors (Lipinski definition) is 5. The van der Waals surface area contributed by atoms with Crippen molar-refractivity contribution in [1.29, 1.82) is 0 Å². The number of anilines is 1. The van der Waals surface area contributed by atoms with Crippen molar-refractivity contribution in [1.82, 2.24) is 5.32 Å². The molecule has 3 aromatic rings. The van der Waals surface area contributed by atoms with Gasteiger partial charge in [-0.25, -0.2) is 8.42 Å². The van der Waals surface area contributed by atoms with Crippen LogP contribution in [0.3, 0.4) is 0 Å². The molecule has 0 heterocycles. The van der Waals surface area contributed by atoms with E-state index in [-0.39, 0.29) is 18.0 Å². The number of benzene rings is 3. The predicted octanol–water partition coefficient (Wildman–Crippen LogP) is 4.61. The summed E-state index contributed by atoms with van der Waals surface area (Å²) in [6, 6.07) is 19.1. The largest absolute Gasteiger partial charge is 0.490 e. The fourth-order valence-corrected chi connectivity index (χ4v) is 5.20. The Morgan fingerprint density at radius 2 is 1.57 bits per heavy atom. The van der Waals surface area contributed by atoms with Gasteiger partial charge >= 0.3 is 0 Å². The molecule has 0 bridgehead atoms. The molecule has 0 saturated carbocycles. The van der Waals surface area contributed by atoms with Gasteiger partial charge in [0.2, 0.25) is 5.91 Å². The molecule has 7 nitrogen and oxygen atoms in total. The van der Waals surface area contributed by atoms with Crippen molar-refractivity contribution in [2.24, 2.45) is 0 Å². The Morgan fingerprint density at radius 3 is 2.23 bits per heavy atom. The number of hydrogen-bond donors (Lipinski definition) is 1. The van der Waals surface area contributed by atoms with E-state index in [9.17, 15) is 13.2 Å². The number of nitrogens with one attached hydrogen (secondary N) is 1. The van der Waals surface area contributed by atoms with E-state index in [0.29, 0.717) is 30.4 Å². The molecule has 0 saturated heterocycles. The third kappa shape index (κ3) is 6.54. The Morgan fingerprint density at radius 1 is 0.886 bits per heavy atom. The molecule has 0 aromatic heterocycles. The minimum absolute atomic E-state index is 0.126. The Bertz CT molecular complexity index is 1260. The van der Waals surface area contributed by atoms with E-state index in [1.165, 1.54) is 12.1 Å². The molecule has 8 heteroatoms. The number of amides is 1. The topological polar surface area (TPSA) is 84.9 Å². The number of aryl methyl sites for hydroxylation is 2. The predicted molar refractivity (Wildman–Crippen MR) is 138 cm³/mol. The summed E-state index contributed by atoms with van der Waals surface area (Å²) in [6.45, 7) is 8.43. The van der Waals surface area contributed by atoms with Gasteiger partial charge in [0.25, 0.3) is 10.0 Å². The summed E-state index contributed by atoms with van der Waals surface area (Å²) in [4.78, 5) is 13.1.